The number of nitrogens with one attached hydrogen (secondary N) is 2. The predicted octanol–water partition coefficient (Wildman–Crippen LogP) is 0.805. The Balaban J connectivity index is 1.73. The van der Waals surface area contributed by atoms with Crippen molar-refractivity contribution >= 4 is 21.5 Å². The van der Waals surface area contributed by atoms with Gasteiger partial charge in [-0.3, -0.25) is 4.98 Å². The summed E-state index contributed by atoms with van der Waals surface area (Å²) in [5.41, 5.74) is 3.42. The van der Waals surface area contributed by atoms with E-state index in [1.165, 1.54) is 11.8 Å². The number of hydrogen-bond donors (Lipinski definition) is 2. The minimum absolute atomic E-state index is 0.0612. The highest BCUT2D eigenvalue weighted by atomic mass is 32.2. The zero-order valence-electron chi connectivity index (χ0n) is 12.2. The summed E-state index contributed by atoms with van der Waals surface area (Å²) in [4.78, 5) is 12.9. The van der Waals surface area contributed by atoms with Crippen molar-refractivity contribution in [2.45, 2.75) is 18.7 Å². The maximum absolute atomic E-state index is 11.2. The van der Waals surface area contributed by atoms with Crippen molar-refractivity contribution in [3.8, 4) is 0 Å². The lowest BCUT2D eigenvalue weighted by Crippen LogP contribution is -2.25. The van der Waals surface area contributed by atoms with Crippen LogP contribution in [0.25, 0.3) is 0 Å². The minimum Gasteiger partial charge on any atom is -0.323 e. The van der Waals surface area contributed by atoms with Gasteiger partial charge in [0.25, 0.3) is 0 Å². The van der Waals surface area contributed by atoms with Crippen LogP contribution in [0.5, 0.6) is 0 Å². The summed E-state index contributed by atoms with van der Waals surface area (Å²) in [6, 6.07) is 3.46. The van der Waals surface area contributed by atoms with E-state index in [1.807, 2.05) is 6.20 Å². The molecule has 0 aromatic carbocycles. The van der Waals surface area contributed by atoms with Gasteiger partial charge < -0.3 is 10.6 Å². The van der Waals surface area contributed by atoms with E-state index >= 15 is 0 Å². The molecular formula is C14H17N5O2S. The molecule has 0 saturated heterocycles. The Morgan fingerprint density at radius 1 is 1.27 bits per heavy atom. The smallest absolute Gasteiger partial charge is 0.227 e. The third-order valence-corrected chi connectivity index (χ3v) is 4.13. The standard InChI is InChI=1S/C14H17N5O2S/c1-22(20,21)9-12-3-2-11(7-16-12)18-14-17-6-10-4-5-15-8-13(10)19-14/h2-3,6-7,15H,4-5,8-9H2,1H3,(H,17,18,19). The van der Waals surface area contributed by atoms with Crippen molar-refractivity contribution in [1.82, 2.24) is 20.3 Å². The van der Waals surface area contributed by atoms with Crippen LogP contribution in [-0.4, -0.2) is 36.2 Å². The Labute approximate surface area is 129 Å². The van der Waals surface area contributed by atoms with Crippen molar-refractivity contribution in [1.29, 1.82) is 0 Å². The van der Waals surface area contributed by atoms with E-state index in [1.54, 1.807) is 18.3 Å². The average molecular weight is 319 g/mol. The number of fused-ring (bicyclic) bond motifs is 1. The van der Waals surface area contributed by atoms with Crippen molar-refractivity contribution in [3.63, 3.8) is 0 Å². The normalized spacial score (nSPS) is 14.4. The second kappa shape index (κ2) is 5.98. The van der Waals surface area contributed by atoms with Gasteiger partial charge in [0.05, 0.1) is 29.0 Å². The van der Waals surface area contributed by atoms with Crippen LogP contribution in [0.15, 0.2) is 24.5 Å². The van der Waals surface area contributed by atoms with E-state index in [-0.39, 0.29) is 5.75 Å². The molecule has 0 bridgehead atoms. The van der Waals surface area contributed by atoms with Crippen molar-refractivity contribution in [2.24, 2.45) is 0 Å². The maximum Gasteiger partial charge on any atom is 0.227 e. The topological polar surface area (TPSA) is 96.9 Å². The molecule has 0 aliphatic carbocycles. The van der Waals surface area contributed by atoms with Crippen LogP contribution in [-0.2, 0) is 28.6 Å². The molecule has 8 heteroatoms. The van der Waals surface area contributed by atoms with Gasteiger partial charge in [0.15, 0.2) is 9.84 Å². The highest BCUT2D eigenvalue weighted by Crippen LogP contribution is 2.16. The highest BCUT2D eigenvalue weighted by molar-refractivity contribution is 7.89. The Morgan fingerprint density at radius 3 is 2.86 bits per heavy atom. The van der Waals surface area contributed by atoms with Crippen molar-refractivity contribution < 1.29 is 8.42 Å². The lowest BCUT2D eigenvalue weighted by Gasteiger charge is -2.16. The molecule has 0 unspecified atom stereocenters. The van der Waals surface area contributed by atoms with Crippen molar-refractivity contribution in [3.05, 3.63) is 41.5 Å². The number of pyridine rings is 1. The van der Waals surface area contributed by atoms with E-state index in [9.17, 15) is 8.42 Å². The van der Waals surface area contributed by atoms with E-state index < -0.39 is 9.84 Å². The van der Waals surface area contributed by atoms with Gasteiger partial charge in [0.2, 0.25) is 5.95 Å². The number of nitrogens with zero attached hydrogens (tertiary/aromatic N) is 3. The van der Waals surface area contributed by atoms with E-state index in [2.05, 4.69) is 25.6 Å². The summed E-state index contributed by atoms with van der Waals surface area (Å²) >= 11 is 0. The Morgan fingerprint density at radius 2 is 2.14 bits per heavy atom. The molecule has 0 spiro atoms. The lowest BCUT2D eigenvalue weighted by atomic mass is 10.1. The first-order chi connectivity index (χ1) is 10.5. The largest absolute Gasteiger partial charge is 0.323 e. The summed E-state index contributed by atoms with van der Waals surface area (Å²) in [5, 5.41) is 6.36. The average Bonchev–Trinajstić information content (AvgIpc) is 2.48. The fraction of sp³-hybridized carbons (Fsp3) is 0.357. The molecule has 7 nitrogen and oxygen atoms in total. The van der Waals surface area contributed by atoms with Crippen molar-refractivity contribution in [2.75, 3.05) is 18.1 Å². The Hall–Kier alpha value is -2.06. The Bertz CT molecular complexity index is 774. The predicted molar refractivity (Wildman–Crippen MR) is 83.5 cm³/mol. The fourth-order valence-corrected chi connectivity index (χ4v) is 2.98. The summed E-state index contributed by atoms with van der Waals surface area (Å²) in [5.74, 6) is 0.453. The van der Waals surface area contributed by atoms with Crippen LogP contribution in [0, 0.1) is 0 Å². The molecule has 116 valence electrons. The first-order valence-corrected chi connectivity index (χ1v) is 9.01. The minimum atomic E-state index is -3.07. The van der Waals surface area contributed by atoms with Gasteiger partial charge in [0.1, 0.15) is 0 Å². The second-order valence-electron chi connectivity index (χ2n) is 5.33. The quantitative estimate of drug-likeness (QED) is 0.860. The van der Waals surface area contributed by atoms with Crippen LogP contribution < -0.4 is 10.6 Å². The van der Waals surface area contributed by atoms with Crippen LogP contribution in [0.2, 0.25) is 0 Å². The van der Waals surface area contributed by atoms with Crippen LogP contribution in [0.3, 0.4) is 0 Å². The summed E-state index contributed by atoms with van der Waals surface area (Å²) in [6.45, 7) is 1.70. The molecular weight excluding hydrogens is 302 g/mol. The maximum atomic E-state index is 11.2. The molecule has 0 radical (unpaired) electrons. The van der Waals surface area contributed by atoms with Crippen LogP contribution in [0.4, 0.5) is 11.6 Å². The number of hydrogen-bond acceptors (Lipinski definition) is 7. The number of rotatable bonds is 4. The molecule has 3 rings (SSSR count). The summed E-state index contributed by atoms with van der Waals surface area (Å²) < 4.78 is 22.5. The number of sulfone groups is 1. The SMILES string of the molecule is CS(=O)(=O)Cc1ccc(Nc2ncc3c(n2)CNCC3)cn1. The van der Waals surface area contributed by atoms with E-state index in [0.717, 1.165) is 30.9 Å². The van der Waals surface area contributed by atoms with Crippen LogP contribution >= 0.6 is 0 Å². The van der Waals surface area contributed by atoms with Gasteiger partial charge in [-0.1, -0.05) is 0 Å². The molecule has 0 atom stereocenters. The van der Waals surface area contributed by atoms with E-state index in [0.29, 0.717) is 11.6 Å². The zero-order valence-corrected chi connectivity index (χ0v) is 13.0. The van der Waals surface area contributed by atoms with Gasteiger partial charge in [-0.25, -0.2) is 18.4 Å². The third kappa shape index (κ3) is 3.77. The molecule has 3 heterocycles. The van der Waals surface area contributed by atoms with Gasteiger partial charge in [-0.15, -0.1) is 0 Å². The summed E-state index contributed by atoms with van der Waals surface area (Å²) in [7, 11) is -3.07. The molecule has 1 aliphatic heterocycles. The number of anilines is 2. The van der Waals surface area contributed by atoms with Gasteiger partial charge in [0, 0.05) is 19.0 Å². The molecule has 0 fully saturated rings. The fourth-order valence-electron chi connectivity index (χ4n) is 2.28. The van der Waals surface area contributed by atoms with Gasteiger partial charge in [-0.2, -0.15) is 0 Å². The Kier molecular flexibility index (Phi) is 4.04. The molecule has 1 aliphatic rings. The first-order valence-electron chi connectivity index (χ1n) is 6.95. The van der Waals surface area contributed by atoms with E-state index in [4.69, 9.17) is 0 Å². The summed E-state index contributed by atoms with van der Waals surface area (Å²) in [6.07, 6.45) is 5.56. The van der Waals surface area contributed by atoms with Gasteiger partial charge >= 0.3 is 0 Å². The highest BCUT2D eigenvalue weighted by Gasteiger charge is 2.11. The third-order valence-electron chi connectivity index (χ3n) is 3.31. The molecule has 2 N–H and O–H groups in total. The molecule has 2 aromatic heterocycles. The van der Waals surface area contributed by atoms with Gasteiger partial charge in [-0.05, 0) is 30.7 Å². The monoisotopic (exact) mass is 319 g/mol. The molecule has 0 saturated carbocycles. The number of aromatic nitrogens is 3. The molecule has 22 heavy (non-hydrogen) atoms. The zero-order chi connectivity index (χ0) is 15.6. The second-order valence-corrected chi connectivity index (χ2v) is 7.47. The molecule has 0 amide bonds. The first kappa shape index (κ1) is 14.9. The lowest BCUT2D eigenvalue weighted by molar-refractivity contribution is 0.600. The molecule has 2 aromatic rings. The van der Waals surface area contributed by atoms with Crippen LogP contribution in [0.1, 0.15) is 17.0 Å².